The molecule has 0 radical (unpaired) electrons. The molecule has 2 rings (SSSR count). The maximum atomic E-state index is 12.7. The minimum atomic E-state index is -0.590. The summed E-state index contributed by atoms with van der Waals surface area (Å²) in [6, 6.07) is 4.64. The van der Waals surface area contributed by atoms with E-state index in [0.717, 1.165) is 11.3 Å². The number of carbonyl (C=O) groups excluding carboxylic acids is 2. The van der Waals surface area contributed by atoms with Crippen molar-refractivity contribution in [1.29, 1.82) is 0 Å². The van der Waals surface area contributed by atoms with Crippen molar-refractivity contribution in [3.63, 3.8) is 0 Å². The van der Waals surface area contributed by atoms with Crippen LogP contribution in [0.3, 0.4) is 0 Å². The van der Waals surface area contributed by atoms with Gasteiger partial charge in [-0.25, -0.2) is 0 Å². The molecule has 2 amide bonds. The average molecular weight is 381 g/mol. The van der Waals surface area contributed by atoms with E-state index in [4.69, 9.17) is 4.42 Å². The van der Waals surface area contributed by atoms with E-state index in [-0.39, 0.29) is 23.6 Å². The van der Waals surface area contributed by atoms with E-state index in [1.165, 1.54) is 16.0 Å². The van der Waals surface area contributed by atoms with Crippen LogP contribution in [0, 0.1) is 13.8 Å². The van der Waals surface area contributed by atoms with Gasteiger partial charge in [-0.3, -0.25) is 9.59 Å². The Morgan fingerprint density at radius 3 is 2.64 bits per heavy atom. The van der Waals surface area contributed by atoms with Crippen LogP contribution < -0.4 is 10.6 Å². The van der Waals surface area contributed by atoms with E-state index >= 15 is 0 Å². The van der Waals surface area contributed by atoms with E-state index in [0.29, 0.717) is 6.42 Å². The van der Waals surface area contributed by atoms with E-state index in [9.17, 15) is 9.59 Å². The lowest BCUT2D eigenvalue weighted by atomic mass is 10.1. The van der Waals surface area contributed by atoms with Crippen LogP contribution in [0.25, 0.3) is 0 Å². The van der Waals surface area contributed by atoms with Gasteiger partial charge in [0, 0.05) is 9.75 Å². The van der Waals surface area contributed by atoms with Crippen molar-refractivity contribution in [2.24, 2.45) is 0 Å². The number of carbonyl (C=O) groups is 2. The Morgan fingerprint density at radius 1 is 1.32 bits per heavy atom. The second kappa shape index (κ2) is 9.10. The molecule has 136 valence electrons. The Balaban J connectivity index is 2.04. The number of aryl methyl sites for hydroxylation is 2. The van der Waals surface area contributed by atoms with E-state index in [2.05, 4.69) is 30.5 Å². The molecule has 0 saturated carbocycles. The zero-order valence-corrected chi connectivity index (χ0v) is 16.6. The molecule has 0 aliphatic rings. The van der Waals surface area contributed by atoms with E-state index in [1.54, 1.807) is 35.2 Å². The molecule has 0 aliphatic carbocycles. The predicted octanol–water partition coefficient (Wildman–Crippen LogP) is 3.69. The Bertz CT molecular complexity index is 710. The summed E-state index contributed by atoms with van der Waals surface area (Å²) in [5, 5.41) is 5.80. The molecule has 2 aromatic heterocycles. The summed E-state index contributed by atoms with van der Waals surface area (Å²) in [6.45, 7) is 6.08. The quantitative estimate of drug-likeness (QED) is 0.733. The molecule has 7 heteroatoms. The molecule has 0 fully saturated rings. The fourth-order valence-electron chi connectivity index (χ4n) is 2.61. The van der Waals surface area contributed by atoms with Crippen LogP contribution in [0.2, 0.25) is 0 Å². The van der Waals surface area contributed by atoms with Crippen LogP contribution in [-0.2, 0) is 4.79 Å². The normalized spacial score (nSPS) is 13.3. The van der Waals surface area contributed by atoms with Gasteiger partial charge in [0.1, 0.15) is 6.04 Å². The van der Waals surface area contributed by atoms with Crippen molar-refractivity contribution in [2.75, 3.05) is 12.0 Å². The fourth-order valence-corrected chi connectivity index (χ4v) is 4.11. The van der Waals surface area contributed by atoms with Crippen molar-refractivity contribution in [1.82, 2.24) is 10.6 Å². The van der Waals surface area contributed by atoms with Gasteiger partial charge in [0.2, 0.25) is 5.91 Å². The molecule has 2 N–H and O–H groups in total. The first-order chi connectivity index (χ1) is 11.9. The number of nitrogens with one attached hydrogen (secondary N) is 2. The van der Waals surface area contributed by atoms with Gasteiger partial charge in [0.05, 0.1) is 12.3 Å². The number of rotatable bonds is 8. The molecule has 25 heavy (non-hydrogen) atoms. The van der Waals surface area contributed by atoms with Gasteiger partial charge in [0.25, 0.3) is 5.91 Å². The minimum Gasteiger partial charge on any atom is -0.459 e. The second-order valence-electron chi connectivity index (χ2n) is 5.88. The molecular formula is C18H24N2O3S2. The van der Waals surface area contributed by atoms with Crippen molar-refractivity contribution < 1.29 is 14.0 Å². The van der Waals surface area contributed by atoms with Gasteiger partial charge < -0.3 is 15.1 Å². The van der Waals surface area contributed by atoms with Crippen LogP contribution >= 0.6 is 23.1 Å². The highest BCUT2D eigenvalue weighted by molar-refractivity contribution is 7.98. The van der Waals surface area contributed by atoms with Gasteiger partial charge >= 0.3 is 0 Å². The number of thioether (sulfide) groups is 1. The third-order valence-electron chi connectivity index (χ3n) is 3.88. The molecule has 5 nitrogen and oxygen atoms in total. The van der Waals surface area contributed by atoms with E-state index < -0.39 is 6.04 Å². The topological polar surface area (TPSA) is 71.3 Å². The van der Waals surface area contributed by atoms with Gasteiger partial charge in [-0.1, -0.05) is 0 Å². The van der Waals surface area contributed by atoms with E-state index in [1.807, 2.05) is 13.2 Å². The van der Waals surface area contributed by atoms with Gasteiger partial charge in [-0.15, -0.1) is 11.3 Å². The van der Waals surface area contributed by atoms with Crippen LogP contribution in [0.4, 0.5) is 0 Å². The highest BCUT2D eigenvalue weighted by atomic mass is 32.2. The summed E-state index contributed by atoms with van der Waals surface area (Å²) in [5.41, 5.74) is 1.12. The summed E-state index contributed by atoms with van der Waals surface area (Å²) in [6.07, 6.45) is 3.98. The Labute approximate surface area is 156 Å². The molecular weight excluding hydrogens is 356 g/mol. The van der Waals surface area contributed by atoms with Crippen molar-refractivity contribution in [3.05, 3.63) is 45.5 Å². The third kappa shape index (κ3) is 5.37. The van der Waals surface area contributed by atoms with Crippen molar-refractivity contribution in [3.8, 4) is 0 Å². The third-order valence-corrected chi connectivity index (χ3v) is 5.51. The molecule has 0 unspecified atom stereocenters. The fraction of sp³-hybridized carbons (Fsp3) is 0.444. The zero-order chi connectivity index (χ0) is 18.4. The van der Waals surface area contributed by atoms with Gasteiger partial charge in [-0.2, -0.15) is 11.8 Å². The predicted molar refractivity (Wildman–Crippen MR) is 103 cm³/mol. The Morgan fingerprint density at radius 2 is 2.08 bits per heavy atom. The lowest BCUT2D eigenvalue weighted by Crippen LogP contribution is -2.47. The monoisotopic (exact) mass is 380 g/mol. The largest absolute Gasteiger partial charge is 0.459 e. The number of furan rings is 1. The summed E-state index contributed by atoms with van der Waals surface area (Å²) in [7, 11) is 0. The molecule has 0 spiro atoms. The second-order valence-corrected chi connectivity index (χ2v) is 8.33. The summed E-state index contributed by atoms with van der Waals surface area (Å²) in [5.74, 6) is 0.437. The molecule has 2 atom stereocenters. The Hall–Kier alpha value is -1.73. The molecule has 2 heterocycles. The Kier molecular flexibility index (Phi) is 7.13. The van der Waals surface area contributed by atoms with Crippen LogP contribution in [0.5, 0.6) is 0 Å². The summed E-state index contributed by atoms with van der Waals surface area (Å²) in [4.78, 5) is 27.3. The average Bonchev–Trinajstić information content (AvgIpc) is 3.20. The van der Waals surface area contributed by atoms with Gasteiger partial charge in [-0.05, 0) is 63.0 Å². The van der Waals surface area contributed by atoms with Crippen LogP contribution in [0.1, 0.15) is 45.3 Å². The number of amides is 2. The molecule has 2 aromatic rings. The molecule has 0 aromatic carbocycles. The zero-order valence-electron chi connectivity index (χ0n) is 14.9. The lowest BCUT2D eigenvalue weighted by Gasteiger charge is -2.21. The summed E-state index contributed by atoms with van der Waals surface area (Å²) < 4.78 is 5.10. The first kappa shape index (κ1) is 19.6. The lowest BCUT2D eigenvalue weighted by molar-refractivity contribution is -0.123. The SMILES string of the molecule is CSCC[C@H](NC(=O)c1ccco1)C(=O)N[C@H](C)c1cc(C)sc1C. The summed E-state index contributed by atoms with van der Waals surface area (Å²) >= 11 is 3.36. The minimum absolute atomic E-state index is 0.102. The molecule has 0 bridgehead atoms. The maximum Gasteiger partial charge on any atom is 0.287 e. The highest BCUT2D eigenvalue weighted by Gasteiger charge is 2.24. The van der Waals surface area contributed by atoms with Gasteiger partial charge in [0.15, 0.2) is 5.76 Å². The highest BCUT2D eigenvalue weighted by Crippen LogP contribution is 2.26. The van der Waals surface area contributed by atoms with Crippen LogP contribution in [0.15, 0.2) is 28.9 Å². The van der Waals surface area contributed by atoms with Crippen LogP contribution in [-0.4, -0.2) is 29.9 Å². The standard InChI is InChI=1S/C18H24N2O3S2/c1-11-10-14(13(3)25-11)12(2)19-17(21)15(7-9-24-4)20-18(22)16-6-5-8-23-16/h5-6,8,10,12,15H,7,9H2,1-4H3,(H,19,21)(H,20,22)/t12-,15+/m1/s1. The molecule has 0 saturated heterocycles. The first-order valence-electron chi connectivity index (χ1n) is 8.13. The first-order valence-corrected chi connectivity index (χ1v) is 10.3. The smallest absolute Gasteiger partial charge is 0.287 e. The van der Waals surface area contributed by atoms with Crippen molar-refractivity contribution in [2.45, 2.75) is 39.3 Å². The number of thiophene rings is 1. The maximum absolute atomic E-state index is 12.7. The number of hydrogen-bond acceptors (Lipinski definition) is 5. The number of hydrogen-bond donors (Lipinski definition) is 2. The van der Waals surface area contributed by atoms with Crippen molar-refractivity contribution >= 4 is 34.9 Å². The molecule has 0 aliphatic heterocycles.